The van der Waals surface area contributed by atoms with Crippen LogP contribution in [0.5, 0.6) is 0 Å². The van der Waals surface area contributed by atoms with Crippen molar-refractivity contribution in [1.29, 1.82) is 0 Å². The van der Waals surface area contributed by atoms with Crippen LogP contribution in [-0.4, -0.2) is 43.0 Å². The van der Waals surface area contributed by atoms with Crippen molar-refractivity contribution in [3.05, 3.63) is 88.5 Å². The van der Waals surface area contributed by atoms with Crippen molar-refractivity contribution >= 4 is 28.4 Å². The molecule has 1 aliphatic rings. The van der Waals surface area contributed by atoms with Gasteiger partial charge < -0.3 is 9.47 Å². The van der Waals surface area contributed by atoms with E-state index in [-0.39, 0.29) is 17.4 Å². The fourth-order valence-electron chi connectivity index (χ4n) is 5.47. The lowest BCUT2D eigenvalue weighted by Gasteiger charge is -2.34. The van der Waals surface area contributed by atoms with Gasteiger partial charge in [-0.05, 0) is 55.5 Å². The summed E-state index contributed by atoms with van der Waals surface area (Å²) < 4.78 is 3.75. The van der Waals surface area contributed by atoms with E-state index >= 15 is 0 Å². The van der Waals surface area contributed by atoms with Crippen LogP contribution in [0.4, 0.5) is 0 Å². The Bertz CT molecular complexity index is 1440. The largest absolute Gasteiger partial charge is 0.342 e. The molecule has 2 aromatic heterocycles. The summed E-state index contributed by atoms with van der Waals surface area (Å²) in [5, 5.41) is 1.10. The van der Waals surface area contributed by atoms with E-state index in [0.717, 1.165) is 51.7 Å². The molecule has 38 heavy (non-hydrogen) atoms. The summed E-state index contributed by atoms with van der Waals surface area (Å²) in [6, 6.07) is 14.6. The number of carbonyl (C=O) groups is 1. The van der Waals surface area contributed by atoms with Gasteiger partial charge in [-0.1, -0.05) is 49.6 Å². The predicted octanol–water partition coefficient (Wildman–Crippen LogP) is 5.52. The van der Waals surface area contributed by atoms with Gasteiger partial charge in [-0.15, -0.1) is 0 Å². The Balaban J connectivity index is 1.42. The molecule has 0 bridgehead atoms. The third-order valence-corrected chi connectivity index (χ3v) is 7.79. The van der Waals surface area contributed by atoms with E-state index in [0.29, 0.717) is 39.8 Å². The smallest absolute Gasteiger partial charge is 0.265 e. The van der Waals surface area contributed by atoms with Crippen LogP contribution >= 0.6 is 11.6 Å². The lowest BCUT2D eigenvalue weighted by atomic mass is 9.92. The fourth-order valence-corrected chi connectivity index (χ4v) is 5.65. The number of unbranched alkanes of at least 4 members (excludes halogenated alkanes) is 1. The number of likely N-dealkylation sites (tertiary alicyclic amines) is 1. The van der Waals surface area contributed by atoms with Crippen molar-refractivity contribution in [2.45, 2.75) is 52.0 Å². The van der Waals surface area contributed by atoms with Crippen LogP contribution in [0.25, 0.3) is 16.6 Å². The van der Waals surface area contributed by atoms with Gasteiger partial charge in [0.2, 0.25) is 5.91 Å². The molecule has 8 heteroatoms. The van der Waals surface area contributed by atoms with Gasteiger partial charge in [0, 0.05) is 49.4 Å². The summed E-state index contributed by atoms with van der Waals surface area (Å²) in [6.07, 6.45) is 10.7. The summed E-state index contributed by atoms with van der Waals surface area (Å²) in [5.41, 5.74) is 1.17. The molecule has 4 aromatic rings. The number of para-hydroxylation sites is 1. The lowest BCUT2D eigenvalue weighted by molar-refractivity contribution is -0.137. The summed E-state index contributed by atoms with van der Waals surface area (Å²) in [6.45, 7) is 4.59. The molecule has 3 heterocycles. The highest BCUT2D eigenvalue weighted by molar-refractivity contribution is 6.30. The highest BCUT2D eigenvalue weighted by Crippen LogP contribution is 2.25. The number of nitrogens with zero attached hydrogens (tertiary/aromatic N) is 5. The maximum atomic E-state index is 13.9. The number of aromatic nitrogens is 4. The van der Waals surface area contributed by atoms with E-state index in [1.54, 1.807) is 29.0 Å². The molecule has 198 valence electrons. The molecule has 5 rings (SSSR count). The van der Waals surface area contributed by atoms with E-state index < -0.39 is 0 Å². The van der Waals surface area contributed by atoms with Crippen molar-refractivity contribution in [3.63, 3.8) is 0 Å². The van der Waals surface area contributed by atoms with E-state index in [1.165, 1.54) is 0 Å². The molecule has 0 radical (unpaired) electrons. The number of hydrogen-bond donors (Lipinski definition) is 0. The molecular formula is C30H34ClN5O2. The molecule has 1 atom stereocenters. The Hall–Kier alpha value is -3.45. The Morgan fingerprint density at radius 3 is 2.68 bits per heavy atom. The van der Waals surface area contributed by atoms with Crippen LogP contribution in [0.1, 0.15) is 44.9 Å². The Morgan fingerprint density at radius 2 is 1.95 bits per heavy atom. The summed E-state index contributed by atoms with van der Waals surface area (Å²) in [7, 11) is 0. The maximum Gasteiger partial charge on any atom is 0.265 e. The van der Waals surface area contributed by atoms with Gasteiger partial charge in [-0.2, -0.15) is 0 Å². The molecule has 1 saturated heterocycles. The number of benzene rings is 2. The van der Waals surface area contributed by atoms with Crippen LogP contribution in [0.15, 0.2) is 72.0 Å². The van der Waals surface area contributed by atoms with Crippen molar-refractivity contribution in [2.75, 3.05) is 13.1 Å². The minimum Gasteiger partial charge on any atom is -0.342 e. The van der Waals surface area contributed by atoms with E-state index in [4.69, 9.17) is 16.6 Å². The molecule has 2 aromatic carbocycles. The van der Waals surface area contributed by atoms with Gasteiger partial charge >= 0.3 is 0 Å². The van der Waals surface area contributed by atoms with Gasteiger partial charge in [-0.3, -0.25) is 14.2 Å². The van der Waals surface area contributed by atoms with Crippen LogP contribution < -0.4 is 5.56 Å². The second kappa shape index (κ2) is 11.9. The van der Waals surface area contributed by atoms with Crippen molar-refractivity contribution < 1.29 is 4.79 Å². The lowest BCUT2D eigenvalue weighted by Crippen LogP contribution is -2.43. The van der Waals surface area contributed by atoms with Gasteiger partial charge in [0.15, 0.2) is 0 Å². The van der Waals surface area contributed by atoms with E-state index in [1.807, 2.05) is 47.8 Å². The van der Waals surface area contributed by atoms with Gasteiger partial charge in [0.1, 0.15) is 5.82 Å². The number of piperidine rings is 1. The Kier molecular flexibility index (Phi) is 8.23. The third-order valence-electron chi connectivity index (χ3n) is 7.55. The minimum absolute atomic E-state index is 0.144. The second-order valence-corrected chi connectivity index (χ2v) is 10.7. The van der Waals surface area contributed by atoms with Crippen LogP contribution in [-0.2, 0) is 17.8 Å². The monoisotopic (exact) mass is 531 g/mol. The van der Waals surface area contributed by atoms with Crippen LogP contribution in [0.3, 0.4) is 0 Å². The van der Waals surface area contributed by atoms with E-state index in [9.17, 15) is 9.59 Å². The maximum absolute atomic E-state index is 13.9. The van der Waals surface area contributed by atoms with Gasteiger partial charge in [0.25, 0.3) is 5.56 Å². The van der Waals surface area contributed by atoms with Crippen molar-refractivity contribution in [3.8, 4) is 5.69 Å². The number of rotatable bonds is 9. The second-order valence-electron chi connectivity index (χ2n) is 10.2. The molecule has 7 nitrogen and oxygen atoms in total. The molecule has 0 saturated carbocycles. The summed E-state index contributed by atoms with van der Waals surface area (Å²) in [5.74, 6) is 1.07. The number of halogens is 1. The first-order chi connectivity index (χ1) is 18.5. The zero-order chi connectivity index (χ0) is 26.5. The molecular weight excluding hydrogens is 498 g/mol. The first kappa shape index (κ1) is 26.2. The predicted molar refractivity (Wildman–Crippen MR) is 151 cm³/mol. The summed E-state index contributed by atoms with van der Waals surface area (Å²) >= 11 is 6.30. The zero-order valence-corrected chi connectivity index (χ0v) is 22.6. The highest BCUT2D eigenvalue weighted by atomic mass is 35.5. The Labute approximate surface area is 228 Å². The SMILES string of the molecule is CCCCC(Cc1nc2ccccc2c(=O)n1-c1cccc(Cl)c1)C(=O)N1CCC(Cn2ccnc2)CC1. The van der Waals surface area contributed by atoms with Crippen molar-refractivity contribution in [1.82, 2.24) is 24.0 Å². The van der Waals surface area contributed by atoms with Crippen molar-refractivity contribution in [2.24, 2.45) is 11.8 Å². The van der Waals surface area contributed by atoms with Gasteiger partial charge in [0.05, 0.1) is 22.9 Å². The number of hydrogen-bond acceptors (Lipinski definition) is 4. The Morgan fingerprint density at radius 1 is 1.13 bits per heavy atom. The number of fused-ring (bicyclic) bond motifs is 1. The normalized spacial score (nSPS) is 15.2. The topological polar surface area (TPSA) is 73.0 Å². The van der Waals surface area contributed by atoms with Crippen LogP contribution in [0, 0.1) is 11.8 Å². The highest BCUT2D eigenvalue weighted by Gasteiger charge is 2.30. The molecule has 1 fully saturated rings. The average Bonchev–Trinajstić information content (AvgIpc) is 3.44. The third kappa shape index (κ3) is 5.83. The molecule has 1 unspecified atom stereocenters. The number of imidazole rings is 1. The number of carbonyl (C=O) groups excluding carboxylic acids is 1. The first-order valence-corrected chi connectivity index (χ1v) is 13.9. The molecule has 0 aliphatic carbocycles. The van der Waals surface area contributed by atoms with E-state index in [2.05, 4.69) is 16.5 Å². The molecule has 0 N–H and O–H groups in total. The summed E-state index contributed by atoms with van der Waals surface area (Å²) in [4.78, 5) is 38.6. The molecule has 0 spiro atoms. The molecule has 1 amide bonds. The molecule has 1 aliphatic heterocycles. The quantitative estimate of drug-likeness (QED) is 0.285. The minimum atomic E-state index is -0.237. The van der Waals surface area contributed by atoms with Gasteiger partial charge in [-0.25, -0.2) is 9.97 Å². The first-order valence-electron chi connectivity index (χ1n) is 13.5. The average molecular weight is 532 g/mol. The fraction of sp³-hybridized carbons (Fsp3) is 0.400. The number of amides is 1. The van der Waals surface area contributed by atoms with Crippen LogP contribution in [0.2, 0.25) is 5.02 Å². The standard InChI is InChI=1S/C30H34ClN5O2/c1-2-3-7-23(29(37)35-15-12-22(13-16-35)20-34-17-14-32-21-34)18-28-33-27-11-5-4-10-26(27)30(38)36(28)25-9-6-8-24(31)19-25/h4-6,8-11,14,17,19,21-23H,2-3,7,12-13,15-16,18,20H2,1H3. The zero-order valence-electron chi connectivity index (χ0n) is 21.8.